The number of hydrogen-bond acceptors (Lipinski definition) is 8. The molecule has 0 unspecified atom stereocenters. The lowest BCUT2D eigenvalue weighted by Gasteiger charge is -2.19. The quantitative estimate of drug-likeness (QED) is 0.602. The molecule has 0 saturated heterocycles. The van der Waals surface area contributed by atoms with E-state index < -0.39 is 35.2 Å². The van der Waals surface area contributed by atoms with Gasteiger partial charge in [0, 0.05) is 32.4 Å². The SMILES string of the molecule is CC(=O)OC1=CC(=O)c2ccc(OC(C)=O)c(OC(C)=O)c2C1=O. The average molecular weight is 332 g/mol. The molecular weight excluding hydrogens is 320 g/mol. The van der Waals surface area contributed by atoms with Gasteiger partial charge in [0.25, 0.3) is 0 Å². The van der Waals surface area contributed by atoms with Crippen LogP contribution in [0.2, 0.25) is 0 Å². The van der Waals surface area contributed by atoms with E-state index in [0.29, 0.717) is 0 Å². The Kier molecular flexibility index (Phi) is 4.59. The summed E-state index contributed by atoms with van der Waals surface area (Å²) in [4.78, 5) is 58.2. The fourth-order valence-electron chi connectivity index (χ4n) is 2.09. The largest absolute Gasteiger partial charge is 0.423 e. The van der Waals surface area contributed by atoms with Crippen LogP contribution in [0, 0.1) is 0 Å². The third-order valence-corrected chi connectivity index (χ3v) is 2.85. The summed E-state index contributed by atoms with van der Waals surface area (Å²) in [6, 6.07) is 2.48. The molecule has 1 aromatic rings. The first-order valence-corrected chi connectivity index (χ1v) is 6.73. The number of esters is 3. The van der Waals surface area contributed by atoms with E-state index >= 15 is 0 Å². The topological polar surface area (TPSA) is 113 Å². The molecule has 24 heavy (non-hydrogen) atoms. The Morgan fingerprint density at radius 3 is 1.96 bits per heavy atom. The Hall–Kier alpha value is -3.29. The fourth-order valence-corrected chi connectivity index (χ4v) is 2.09. The van der Waals surface area contributed by atoms with E-state index in [4.69, 9.17) is 14.2 Å². The fraction of sp³-hybridized carbons (Fsp3) is 0.188. The van der Waals surface area contributed by atoms with Crippen LogP contribution in [0.3, 0.4) is 0 Å². The van der Waals surface area contributed by atoms with Crippen LogP contribution in [-0.2, 0) is 19.1 Å². The van der Waals surface area contributed by atoms with Crippen molar-refractivity contribution in [2.45, 2.75) is 20.8 Å². The summed E-state index contributed by atoms with van der Waals surface area (Å²) in [5, 5.41) is 0. The van der Waals surface area contributed by atoms with Crippen LogP contribution in [0.25, 0.3) is 0 Å². The van der Waals surface area contributed by atoms with Crippen LogP contribution in [0.5, 0.6) is 11.5 Å². The molecule has 0 heterocycles. The van der Waals surface area contributed by atoms with Crippen molar-refractivity contribution >= 4 is 29.5 Å². The van der Waals surface area contributed by atoms with Crippen molar-refractivity contribution in [3.8, 4) is 11.5 Å². The molecule has 0 aromatic heterocycles. The van der Waals surface area contributed by atoms with E-state index in [-0.39, 0.29) is 22.6 Å². The minimum absolute atomic E-state index is 0.0666. The highest BCUT2D eigenvalue weighted by Gasteiger charge is 2.34. The van der Waals surface area contributed by atoms with Gasteiger partial charge in [-0.15, -0.1) is 0 Å². The number of allylic oxidation sites excluding steroid dienone is 2. The molecule has 0 amide bonds. The molecule has 124 valence electrons. The Labute approximate surface area is 136 Å². The van der Waals surface area contributed by atoms with Crippen molar-refractivity contribution in [2.75, 3.05) is 0 Å². The third kappa shape index (κ3) is 3.37. The zero-order valence-corrected chi connectivity index (χ0v) is 13.0. The second-order valence-electron chi connectivity index (χ2n) is 4.80. The second-order valence-corrected chi connectivity index (χ2v) is 4.80. The van der Waals surface area contributed by atoms with Crippen molar-refractivity contribution in [1.29, 1.82) is 0 Å². The van der Waals surface area contributed by atoms with E-state index in [1.165, 1.54) is 12.1 Å². The number of rotatable bonds is 3. The third-order valence-electron chi connectivity index (χ3n) is 2.85. The molecule has 0 spiro atoms. The molecule has 8 nitrogen and oxygen atoms in total. The van der Waals surface area contributed by atoms with Crippen molar-refractivity contribution in [3.05, 3.63) is 35.1 Å². The molecule has 1 aromatic carbocycles. The molecule has 0 aliphatic heterocycles. The summed E-state index contributed by atoms with van der Waals surface area (Å²) in [7, 11) is 0. The molecule has 0 N–H and O–H groups in total. The molecule has 1 aliphatic carbocycles. The van der Waals surface area contributed by atoms with Crippen LogP contribution >= 0.6 is 0 Å². The number of ketones is 2. The van der Waals surface area contributed by atoms with Gasteiger partial charge in [-0.05, 0) is 12.1 Å². The van der Waals surface area contributed by atoms with Gasteiger partial charge in [0.15, 0.2) is 23.0 Å². The molecular formula is C16H12O8. The molecule has 0 fully saturated rings. The normalized spacial score (nSPS) is 12.9. The van der Waals surface area contributed by atoms with Crippen molar-refractivity contribution in [1.82, 2.24) is 0 Å². The Bertz CT molecular complexity index is 816. The number of ether oxygens (including phenoxy) is 3. The maximum atomic E-state index is 12.5. The minimum atomic E-state index is -0.843. The predicted molar refractivity (Wildman–Crippen MR) is 77.6 cm³/mol. The number of carbonyl (C=O) groups is 5. The standard InChI is InChI=1S/C16H12O8/c1-7(17)22-12-5-4-10-11(20)6-13(23-8(2)18)15(21)14(10)16(12)24-9(3)19/h4-6H,1-3H3. The molecule has 1 aliphatic rings. The van der Waals surface area contributed by atoms with Crippen LogP contribution in [-0.4, -0.2) is 29.5 Å². The minimum Gasteiger partial charge on any atom is -0.423 e. The summed E-state index contributed by atoms with van der Waals surface area (Å²) in [6.07, 6.45) is 0.870. The van der Waals surface area contributed by atoms with Gasteiger partial charge in [0.05, 0.1) is 5.56 Å². The lowest BCUT2D eigenvalue weighted by Crippen LogP contribution is -2.22. The summed E-state index contributed by atoms with van der Waals surface area (Å²) in [5.74, 6) is -4.86. The molecule has 0 saturated carbocycles. The maximum absolute atomic E-state index is 12.5. The van der Waals surface area contributed by atoms with Gasteiger partial charge in [-0.2, -0.15) is 0 Å². The van der Waals surface area contributed by atoms with E-state index in [1.54, 1.807) is 0 Å². The van der Waals surface area contributed by atoms with Crippen LogP contribution in [0.4, 0.5) is 0 Å². The number of Topliss-reactive ketones (excluding diaryl/α,β-unsaturated/α-hetero) is 1. The van der Waals surface area contributed by atoms with E-state index in [1.807, 2.05) is 0 Å². The van der Waals surface area contributed by atoms with Crippen LogP contribution in [0.15, 0.2) is 24.0 Å². The number of hydrogen-bond donors (Lipinski definition) is 0. The summed E-state index contributed by atoms with van der Waals surface area (Å²) in [6.45, 7) is 3.26. The van der Waals surface area contributed by atoms with Crippen molar-refractivity contribution < 1.29 is 38.2 Å². The van der Waals surface area contributed by atoms with Gasteiger partial charge in [-0.25, -0.2) is 0 Å². The Morgan fingerprint density at radius 1 is 0.833 bits per heavy atom. The highest BCUT2D eigenvalue weighted by atomic mass is 16.6. The first kappa shape index (κ1) is 17.1. The van der Waals surface area contributed by atoms with Crippen LogP contribution in [0.1, 0.15) is 41.5 Å². The average Bonchev–Trinajstić information content (AvgIpc) is 2.44. The Balaban J connectivity index is 2.66. The van der Waals surface area contributed by atoms with Gasteiger partial charge in [-0.1, -0.05) is 0 Å². The lowest BCUT2D eigenvalue weighted by molar-refractivity contribution is -0.136. The van der Waals surface area contributed by atoms with Gasteiger partial charge in [0.1, 0.15) is 0 Å². The first-order valence-electron chi connectivity index (χ1n) is 6.73. The van der Waals surface area contributed by atoms with Gasteiger partial charge in [-0.3, -0.25) is 24.0 Å². The number of carbonyl (C=O) groups excluding carboxylic acids is 5. The zero-order valence-electron chi connectivity index (χ0n) is 13.0. The molecule has 0 atom stereocenters. The van der Waals surface area contributed by atoms with Crippen molar-refractivity contribution in [2.24, 2.45) is 0 Å². The zero-order chi connectivity index (χ0) is 18.0. The highest BCUT2D eigenvalue weighted by molar-refractivity contribution is 6.25. The van der Waals surface area contributed by atoms with E-state index in [0.717, 1.165) is 26.8 Å². The smallest absolute Gasteiger partial charge is 0.308 e. The van der Waals surface area contributed by atoms with Crippen molar-refractivity contribution in [3.63, 3.8) is 0 Å². The predicted octanol–water partition coefficient (Wildman–Crippen LogP) is 1.36. The lowest BCUT2D eigenvalue weighted by atomic mass is 9.92. The van der Waals surface area contributed by atoms with Gasteiger partial charge >= 0.3 is 17.9 Å². The van der Waals surface area contributed by atoms with Gasteiger partial charge < -0.3 is 14.2 Å². The second kappa shape index (κ2) is 6.45. The summed E-state index contributed by atoms with van der Waals surface area (Å²) in [5.41, 5.74) is -0.379. The monoisotopic (exact) mass is 332 g/mol. The summed E-state index contributed by atoms with van der Waals surface area (Å²) < 4.78 is 14.6. The first-order chi connectivity index (χ1) is 11.2. The molecule has 8 heteroatoms. The highest BCUT2D eigenvalue weighted by Crippen LogP contribution is 2.38. The van der Waals surface area contributed by atoms with E-state index in [2.05, 4.69) is 0 Å². The summed E-state index contributed by atoms with van der Waals surface area (Å²) >= 11 is 0. The number of fused-ring (bicyclic) bond motifs is 1. The Morgan fingerprint density at radius 2 is 1.42 bits per heavy atom. The van der Waals surface area contributed by atoms with E-state index in [9.17, 15) is 24.0 Å². The number of benzene rings is 1. The van der Waals surface area contributed by atoms with Crippen LogP contribution < -0.4 is 9.47 Å². The molecule has 0 bridgehead atoms. The maximum Gasteiger partial charge on any atom is 0.308 e. The molecule has 0 radical (unpaired) electrons. The van der Waals surface area contributed by atoms with Gasteiger partial charge in [0.2, 0.25) is 5.78 Å². The molecule has 2 rings (SSSR count).